The largest absolute Gasteiger partial charge is 0.486 e. The summed E-state index contributed by atoms with van der Waals surface area (Å²) in [6.07, 6.45) is 2.34. The molecule has 3 nitrogen and oxygen atoms in total. The minimum Gasteiger partial charge on any atom is -0.486 e. The minimum atomic E-state index is 0.252. The van der Waals surface area contributed by atoms with Gasteiger partial charge in [0.15, 0.2) is 0 Å². The lowest BCUT2D eigenvalue weighted by atomic mass is 10.0. The molecule has 2 rings (SSSR count). The average molecular weight is 234 g/mol. The lowest BCUT2D eigenvalue weighted by molar-refractivity contribution is 0.165. The number of aryl methyl sites for hydroxylation is 1. The number of anilines is 1. The standard InChI is InChI=1S/C14H22N2O/c1-4-11-5-6-14-12(9-11)16-10(2)13(17-14)7-8-15-3/h5-6,9-10,13,15-16H,4,7-8H2,1-3H3. The molecule has 2 atom stereocenters. The van der Waals surface area contributed by atoms with Crippen molar-refractivity contribution >= 4 is 5.69 Å². The van der Waals surface area contributed by atoms with Gasteiger partial charge in [-0.3, -0.25) is 0 Å². The van der Waals surface area contributed by atoms with E-state index in [-0.39, 0.29) is 6.10 Å². The summed E-state index contributed by atoms with van der Waals surface area (Å²) in [5, 5.41) is 6.71. The molecule has 2 N–H and O–H groups in total. The average Bonchev–Trinajstić information content (AvgIpc) is 2.35. The van der Waals surface area contributed by atoms with E-state index in [0.29, 0.717) is 6.04 Å². The van der Waals surface area contributed by atoms with Crippen LogP contribution in [0.1, 0.15) is 25.8 Å². The zero-order chi connectivity index (χ0) is 12.3. The number of hydrogen-bond donors (Lipinski definition) is 2. The molecule has 0 saturated heterocycles. The van der Waals surface area contributed by atoms with Crippen molar-refractivity contribution in [1.29, 1.82) is 0 Å². The molecule has 2 unspecified atom stereocenters. The van der Waals surface area contributed by atoms with E-state index in [0.717, 1.165) is 30.8 Å². The monoisotopic (exact) mass is 234 g/mol. The van der Waals surface area contributed by atoms with E-state index in [9.17, 15) is 0 Å². The zero-order valence-corrected chi connectivity index (χ0v) is 10.9. The minimum absolute atomic E-state index is 0.252. The highest BCUT2D eigenvalue weighted by Gasteiger charge is 2.25. The predicted molar refractivity (Wildman–Crippen MR) is 71.9 cm³/mol. The molecule has 0 aromatic heterocycles. The molecule has 0 aliphatic carbocycles. The van der Waals surface area contributed by atoms with Gasteiger partial charge in [-0.05, 0) is 51.1 Å². The molecule has 1 aromatic rings. The van der Waals surface area contributed by atoms with Gasteiger partial charge in [0.25, 0.3) is 0 Å². The Labute approximate surface area is 104 Å². The van der Waals surface area contributed by atoms with Crippen LogP contribution in [-0.4, -0.2) is 25.7 Å². The molecule has 0 amide bonds. The summed E-state index contributed by atoms with van der Waals surface area (Å²) in [7, 11) is 1.97. The molecular weight excluding hydrogens is 212 g/mol. The Morgan fingerprint density at radius 2 is 2.24 bits per heavy atom. The van der Waals surface area contributed by atoms with E-state index >= 15 is 0 Å². The van der Waals surface area contributed by atoms with Gasteiger partial charge < -0.3 is 15.4 Å². The second-order valence-corrected chi connectivity index (χ2v) is 4.67. The first-order chi connectivity index (χ1) is 8.24. The Morgan fingerprint density at radius 3 is 2.94 bits per heavy atom. The Kier molecular flexibility index (Phi) is 3.89. The van der Waals surface area contributed by atoms with E-state index in [1.807, 2.05) is 7.05 Å². The van der Waals surface area contributed by atoms with Gasteiger partial charge in [0.05, 0.1) is 11.7 Å². The number of rotatable bonds is 4. The predicted octanol–water partition coefficient (Wildman–Crippen LogP) is 2.42. The molecule has 1 aromatic carbocycles. The second kappa shape index (κ2) is 5.41. The van der Waals surface area contributed by atoms with Crippen molar-refractivity contribution in [1.82, 2.24) is 5.32 Å². The first kappa shape index (κ1) is 12.2. The van der Waals surface area contributed by atoms with Crippen molar-refractivity contribution in [2.24, 2.45) is 0 Å². The van der Waals surface area contributed by atoms with Gasteiger partial charge in [0.2, 0.25) is 0 Å². The Hall–Kier alpha value is -1.22. The van der Waals surface area contributed by atoms with Crippen LogP contribution in [-0.2, 0) is 6.42 Å². The third kappa shape index (κ3) is 2.72. The third-order valence-corrected chi connectivity index (χ3v) is 3.35. The normalized spacial score (nSPS) is 22.5. The molecule has 0 fully saturated rings. The van der Waals surface area contributed by atoms with E-state index in [1.54, 1.807) is 0 Å². The fraction of sp³-hybridized carbons (Fsp3) is 0.571. The van der Waals surface area contributed by atoms with Crippen LogP contribution in [0.2, 0.25) is 0 Å². The summed E-state index contributed by atoms with van der Waals surface area (Å²) >= 11 is 0. The van der Waals surface area contributed by atoms with Crippen molar-refractivity contribution in [3.8, 4) is 5.75 Å². The molecule has 1 aliphatic heterocycles. The van der Waals surface area contributed by atoms with Crippen LogP contribution >= 0.6 is 0 Å². The molecule has 1 aliphatic rings. The molecule has 0 radical (unpaired) electrons. The molecular formula is C14H22N2O. The van der Waals surface area contributed by atoms with Crippen LogP contribution in [0.3, 0.4) is 0 Å². The van der Waals surface area contributed by atoms with Crippen molar-refractivity contribution in [2.75, 3.05) is 18.9 Å². The maximum atomic E-state index is 6.04. The van der Waals surface area contributed by atoms with Gasteiger partial charge in [0.1, 0.15) is 11.9 Å². The van der Waals surface area contributed by atoms with Gasteiger partial charge in [0, 0.05) is 0 Å². The highest BCUT2D eigenvalue weighted by molar-refractivity contribution is 5.60. The molecule has 3 heteroatoms. The molecule has 0 saturated carbocycles. The van der Waals surface area contributed by atoms with Gasteiger partial charge >= 0.3 is 0 Å². The summed E-state index contributed by atoms with van der Waals surface area (Å²) < 4.78 is 6.04. The van der Waals surface area contributed by atoms with E-state index < -0.39 is 0 Å². The SMILES string of the molecule is CCc1ccc2c(c1)NC(C)C(CCNC)O2. The van der Waals surface area contributed by atoms with Crippen LogP contribution in [0.5, 0.6) is 5.75 Å². The molecule has 1 heterocycles. The van der Waals surface area contributed by atoms with Crippen LogP contribution in [0.4, 0.5) is 5.69 Å². The van der Waals surface area contributed by atoms with E-state index in [1.165, 1.54) is 5.56 Å². The lowest BCUT2D eigenvalue weighted by Crippen LogP contribution is -2.40. The summed E-state index contributed by atoms with van der Waals surface area (Å²) in [5.41, 5.74) is 2.48. The second-order valence-electron chi connectivity index (χ2n) is 4.67. The van der Waals surface area contributed by atoms with Crippen LogP contribution < -0.4 is 15.4 Å². The van der Waals surface area contributed by atoms with Crippen LogP contribution in [0.25, 0.3) is 0 Å². The summed E-state index contributed by atoms with van der Waals surface area (Å²) in [4.78, 5) is 0. The summed E-state index contributed by atoms with van der Waals surface area (Å²) in [6.45, 7) is 5.34. The number of benzene rings is 1. The van der Waals surface area contributed by atoms with Crippen LogP contribution in [0.15, 0.2) is 18.2 Å². The van der Waals surface area contributed by atoms with Gasteiger partial charge in [-0.2, -0.15) is 0 Å². The van der Waals surface area contributed by atoms with E-state index in [4.69, 9.17) is 4.74 Å². The number of ether oxygens (including phenoxy) is 1. The highest BCUT2D eigenvalue weighted by atomic mass is 16.5. The van der Waals surface area contributed by atoms with Gasteiger partial charge in [-0.15, -0.1) is 0 Å². The number of hydrogen-bond acceptors (Lipinski definition) is 3. The number of fused-ring (bicyclic) bond motifs is 1. The number of nitrogens with one attached hydrogen (secondary N) is 2. The first-order valence-electron chi connectivity index (χ1n) is 6.45. The quantitative estimate of drug-likeness (QED) is 0.839. The topological polar surface area (TPSA) is 33.3 Å². The summed E-state index contributed by atoms with van der Waals surface area (Å²) in [5.74, 6) is 0.987. The Morgan fingerprint density at radius 1 is 1.41 bits per heavy atom. The van der Waals surface area contributed by atoms with Gasteiger partial charge in [-0.1, -0.05) is 13.0 Å². The van der Waals surface area contributed by atoms with Crippen molar-refractivity contribution in [2.45, 2.75) is 38.8 Å². The Bertz CT molecular complexity index is 378. The molecule has 0 spiro atoms. The smallest absolute Gasteiger partial charge is 0.142 e. The van der Waals surface area contributed by atoms with E-state index in [2.05, 4.69) is 42.7 Å². The third-order valence-electron chi connectivity index (χ3n) is 3.35. The van der Waals surface area contributed by atoms with Crippen molar-refractivity contribution in [3.05, 3.63) is 23.8 Å². The van der Waals surface area contributed by atoms with Gasteiger partial charge in [-0.25, -0.2) is 0 Å². The molecule has 17 heavy (non-hydrogen) atoms. The van der Waals surface area contributed by atoms with Crippen molar-refractivity contribution < 1.29 is 4.74 Å². The zero-order valence-electron chi connectivity index (χ0n) is 10.9. The summed E-state index contributed by atoms with van der Waals surface area (Å²) in [6, 6.07) is 6.79. The fourth-order valence-electron chi connectivity index (χ4n) is 2.21. The first-order valence-corrected chi connectivity index (χ1v) is 6.45. The Balaban J connectivity index is 2.12. The molecule has 94 valence electrons. The highest BCUT2D eigenvalue weighted by Crippen LogP contribution is 2.33. The maximum absolute atomic E-state index is 6.04. The van der Waals surface area contributed by atoms with Crippen molar-refractivity contribution in [3.63, 3.8) is 0 Å². The van der Waals surface area contributed by atoms with Crippen LogP contribution in [0, 0.1) is 0 Å². The lowest BCUT2D eigenvalue weighted by Gasteiger charge is -2.33. The molecule has 0 bridgehead atoms. The maximum Gasteiger partial charge on any atom is 0.142 e. The fourth-order valence-corrected chi connectivity index (χ4v) is 2.21.